The maximum absolute atomic E-state index is 11.1. The molecule has 0 fully saturated rings. The van der Waals surface area contributed by atoms with E-state index in [0.29, 0.717) is 12.4 Å². The van der Waals surface area contributed by atoms with E-state index >= 15 is 0 Å². The van der Waals surface area contributed by atoms with Gasteiger partial charge in [0.25, 0.3) is 0 Å². The van der Waals surface area contributed by atoms with Crippen molar-refractivity contribution in [1.82, 2.24) is 0 Å². The molecule has 1 aromatic rings. The Labute approximate surface area is 81.6 Å². The van der Waals surface area contributed by atoms with Crippen LogP contribution in [0.25, 0.3) is 0 Å². The fourth-order valence-corrected chi connectivity index (χ4v) is 0.996. The highest BCUT2D eigenvalue weighted by Gasteiger charge is 2.13. The van der Waals surface area contributed by atoms with Gasteiger partial charge in [-0.05, 0) is 26.0 Å². The smallest absolute Gasteiger partial charge is 0.374 e. The van der Waals surface area contributed by atoms with Crippen molar-refractivity contribution in [2.45, 2.75) is 19.2 Å². The number of alkyl halides is 1. The highest BCUT2D eigenvalue weighted by atomic mass is 35.5. The standard InChI is InChI=1S/C9H11ClO3/c1-3-12-9(11)8-5-4-7(13-8)6(2)10/h4-6H,3H2,1-2H3/t6-/m1/s1. The first kappa shape index (κ1) is 10.1. The second-order valence-corrected chi connectivity index (χ2v) is 3.19. The van der Waals surface area contributed by atoms with Crippen LogP contribution < -0.4 is 0 Å². The molecule has 0 aliphatic heterocycles. The quantitative estimate of drug-likeness (QED) is 0.559. The van der Waals surface area contributed by atoms with Crippen LogP contribution in [-0.4, -0.2) is 12.6 Å². The summed E-state index contributed by atoms with van der Waals surface area (Å²) in [5.74, 6) is 0.320. The molecule has 0 amide bonds. The predicted octanol–water partition coefficient (Wildman–Crippen LogP) is 2.76. The zero-order valence-corrected chi connectivity index (χ0v) is 8.30. The zero-order chi connectivity index (χ0) is 9.84. The number of hydrogen-bond donors (Lipinski definition) is 0. The van der Waals surface area contributed by atoms with Crippen LogP contribution in [-0.2, 0) is 4.74 Å². The normalized spacial score (nSPS) is 12.5. The lowest BCUT2D eigenvalue weighted by Crippen LogP contribution is -2.02. The van der Waals surface area contributed by atoms with Gasteiger partial charge >= 0.3 is 5.97 Å². The molecule has 0 radical (unpaired) electrons. The van der Waals surface area contributed by atoms with Gasteiger partial charge in [-0.1, -0.05) is 0 Å². The van der Waals surface area contributed by atoms with Crippen LogP contribution in [0.5, 0.6) is 0 Å². The maximum Gasteiger partial charge on any atom is 0.374 e. The Morgan fingerprint density at radius 2 is 2.38 bits per heavy atom. The monoisotopic (exact) mass is 202 g/mol. The number of rotatable bonds is 3. The molecule has 1 heterocycles. The average Bonchev–Trinajstić information content (AvgIpc) is 2.52. The number of esters is 1. The molecule has 0 saturated carbocycles. The van der Waals surface area contributed by atoms with Crippen molar-refractivity contribution >= 4 is 17.6 Å². The Morgan fingerprint density at radius 1 is 1.69 bits per heavy atom. The highest BCUT2D eigenvalue weighted by molar-refractivity contribution is 6.20. The summed E-state index contributed by atoms with van der Waals surface area (Å²) < 4.78 is 9.90. The van der Waals surface area contributed by atoms with Crippen LogP contribution in [0.2, 0.25) is 0 Å². The summed E-state index contributed by atoms with van der Waals surface area (Å²) in [4.78, 5) is 11.1. The van der Waals surface area contributed by atoms with Gasteiger partial charge in [-0.25, -0.2) is 4.79 Å². The summed E-state index contributed by atoms with van der Waals surface area (Å²) in [6.45, 7) is 3.85. The topological polar surface area (TPSA) is 39.4 Å². The molecule has 1 atom stereocenters. The summed E-state index contributed by atoms with van der Waals surface area (Å²) >= 11 is 5.75. The fourth-order valence-electron chi connectivity index (χ4n) is 0.879. The third kappa shape index (κ3) is 2.49. The Balaban J connectivity index is 2.73. The van der Waals surface area contributed by atoms with E-state index in [2.05, 4.69) is 0 Å². The number of hydrogen-bond acceptors (Lipinski definition) is 3. The van der Waals surface area contributed by atoms with Gasteiger partial charge in [-0.15, -0.1) is 11.6 Å². The summed E-state index contributed by atoms with van der Waals surface area (Å²) in [7, 11) is 0. The number of carbonyl (C=O) groups excluding carboxylic acids is 1. The van der Waals surface area contributed by atoms with Gasteiger partial charge in [0.2, 0.25) is 5.76 Å². The van der Waals surface area contributed by atoms with Gasteiger partial charge in [-0.3, -0.25) is 0 Å². The first-order chi connectivity index (χ1) is 6.15. The summed E-state index contributed by atoms with van der Waals surface area (Å²) in [5.41, 5.74) is 0. The van der Waals surface area contributed by atoms with E-state index in [0.717, 1.165) is 0 Å². The van der Waals surface area contributed by atoms with Gasteiger partial charge < -0.3 is 9.15 Å². The third-order valence-electron chi connectivity index (χ3n) is 1.50. The number of furan rings is 1. The van der Waals surface area contributed by atoms with Crippen LogP contribution in [0, 0.1) is 0 Å². The molecule has 3 nitrogen and oxygen atoms in total. The first-order valence-electron chi connectivity index (χ1n) is 4.06. The molecule has 0 N–H and O–H groups in total. The van der Waals surface area contributed by atoms with E-state index in [9.17, 15) is 4.79 Å². The zero-order valence-electron chi connectivity index (χ0n) is 7.54. The van der Waals surface area contributed by atoms with Gasteiger partial charge in [0.1, 0.15) is 5.76 Å². The molecule has 13 heavy (non-hydrogen) atoms. The van der Waals surface area contributed by atoms with E-state index in [-0.39, 0.29) is 11.1 Å². The van der Waals surface area contributed by atoms with Crippen LogP contribution in [0.3, 0.4) is 0 Å². The van der Waals surface area contributed by atoms with Crippen molar-refractivity contribution in [3.8, 4) is 0 Å². The SMILES string of the molecule is CCOC(=O)c1ccc([C@@H](C)Cl)o1. The molecule has 4 heteroatoms. The summed E-state index contributed by atoms with van der Waals surface area (Å²) in [6.07, 6.45) is 0. The minimum absolute atomic E-state index is 0.198. The van der Waals surface area contributed by atoms with Crippen LogP contribution in [0.4, 0.5) is 0 Å². The molecule has 0 aromatic carbocycles. The Hall–Kier alpha value is -0.960. The fraction of sp³-hybridized carbons (Fsp3) is 0.444. The molecule has 1 rings (SSSR count). The van der Waals surface area contributed by atoms with E-state index < -0.39 is 5.97 Å². The second kappa shape index (κ2) is 4.33. The summed E-state index contributed by atoms with van der Waals surface area (Å²) in [5, 5.41) is -0.233. The van der Waals surface area contributed by atoms with E-state index in [1.807, 2.05) is 0 Å². The van der Waals surface area contributed by atoms with E-state index in [1.165, 1.54) is 0 Å². The van der Waals surface area contributed by atoms with Gasteiger partial charge in [0.05, 0.1) is 12.0 Å². The minimum atomic E-state index is -0.453. The van der Waals surface area contributed by atoms with Gasteiger partial charge in [-0.2, -0.15) is 0 Å². The minimum Gasteiger partial charge on any atom is -0.460 e. The van der Waals surface area contributed by atoms with E-state index in [4.69, 9.17) is 20.8 Å². The largest absolute Gasteiger partial charge is 0.460 e. The lowest BCUT2D eigenvalue weighted by Gasteiger charge is -1.98. The first-order valence-corrected chi connectivity index (χ1v) is 4.49. The Kier molecular flexibility index (Phi) is 3.37. The molecule has 0 aliphatic carbocycles. The molecule has 0 aliphatic rings. The van der Waals surface area contributed by atoms with Crippen LogP contribution in [0.15, 0.2) is 16.5 Å². The molecular formula is C9H11ClO3. The lowest BCUT2D eigenvalue weighted by molar-refractivity contribution is 0.0488. The maximum atomic E-state index is 11.1. The van der Waals surface area contributed by atoms with Crippen molar-refractivity contribution < 1.29 is 13.9 Å². The van der Waals surface area contributed by atoms with Crippen molar-refractivity contribution in [2.75, 3.05) is 6.61 Å². The van der Waals surface area contributed by atoms with Crippen LogP contribution in [0.1, 0.15) is 35.5 Å². The lowest BCUT2D eigenvalue weighted by atomic mass is 10.3. The second-order valence-electron chi connectivity index (χ2n) is 2.54. The van der Waals surface area contributed by atoms with Crippen molar-refractivity contribution in [3.63, 3.8) is 0 Å². The average molecular weight is 203 g/mol. The number of ether oxygens (including phenoxy) is 1. The van der Waals surface area contributed by atoms with Crippen molar-refractivity contribution in [2.24, 2.45) is 0 Å². The number of carbonyl (C=O) groups is 1. The molecule has 0 saturated heterocycles. The van der Waals surface area contributed by atoms with Crippen LogP contribution >= 0.6 is 11.6 Å². The molecule has 0 unspecified atom stereocenters. The number of halogens is 1. The highest BCUT2D eigenvalue weighted by Crippen LogP contribution is 2.21. The van der Waals surface area contributed by atoms with Gasteiger partial charge in [0, 0.05) is 0 Å². The van der Waals surface area contributed by atoms with E-state index in [1.54, 1.807) is 26.0 Å². The molecule has 0 spiro atoms. The molecule has 1 aromatic heterocycles. The van der Waals surface area contributed by atoms with Crippen molar-refractivity contribution in [1.29, 1.82) is 0 Å². The van der Waals surface area contributed by atoms with Gasteiger partial charge in [0.15, 0.2) is 0 Å². The molecule has 72 valence electrons. The third-order valence-corrected chi connectivity index (χ3v) is 1.71. The Morgan fingerprint density at radius 3 is 2.85 bits per heavy atom. The predicted molar refractivity (Wildman–Crippen MR) is 48.9 cm³/mol. The van der Waals surface area contributed by atoms with Crippen molar-refractivity contribution in [3.05, 3.63) is 23.7 Å². The molecule has 0 bridgehead atoms. The Bertz CT molecular complexity index is 291. The molecular weight excluding hydrogens is 192 g/mol. The summed E-state index contributed by atoms with van der Waals surface area (Å²) in [6, 6.07) is 3.23.